The molecule has 0 saturated carbocycles. The van der Waals surface area contributed by atoms with Crippen molar-refractivity contribution in [2.45, 2.75) is 29.1 Å². The molecule has 1 aliphatic carbocycles. The van der Waals surface area contributed by atoms with Gasteiger partial charge in [-0.05, 0) is 66.8 Å². The van der Waals surface area contributed by atoms with E-state index in [0.717, 1.165) is 28.3 Å². The van der Waals surface area contributed by atoms with Gasteiger partial charge in [0.2, 0.25) is 0 Å². The maximum Gasteiger partial charge on any atom is 0.256 e. The van der Waals surface area contributed by atoms with Crippen LogP contribution in [0.25, 0.3) is 0 Å². The summed E-state index contributed by atoms with van der Waals surface area (Å²) in [6.45, 7) is 0. The van der Waals surface area contributed by atoms with Gasteiger partial charge in [-0.2, -0.15) is 5.26 Å². The van der Waals surface area contributed by atoms with Crippen molar-refractivity contribution in [1.82, 2.24) is 0 Å². The Morgan fingerprint density at radius 3 is 2.52 bits per heavy atom. The summed E-state index contributed by atoms with van der Waals surface area (Å²) in [5, 5.41) is 12.3. The standard InChI is InChI=1S/C23H18N2OS/c24-15-18-6-1-3-10-21(18)27-22-11-4-2-9-20(22)23(26)25-19-13-12-16-7-5-8-17(16)14-19/h1-4,6,9-14H,5,7-8H2,(H,25,26). The van der Waals surface area contributed by atoms with Crippen LogP contribution < -0.4 is 5.32 Å². The van der Waals surface area contributed by atoms with Gasteiger partial charge in [0.1, 0.15) is 6.07 Å². The molecule has 0 aliphatic heterocycles. The van der Waals surface area contributed by atoms with Gasteiger partial charge in [0.15, 0.2) is 0 Å². The number of fused-ring (bicyclic) bond motifs is 1. The van der Waals surface area contributed by atoms with E-state index in [1.165, 1.54) is 29.3 Å². The van der Waals surface area contributed by atoms with Crippen LogP contribution in [-0.4, -0.2) is 5.91 Å². The Morgan fingerprint density at radius 1 is 0.926 bits per heavy atom. The third-order valence-corrected chi connectivity index (χ3v) is 5.87. The molecule has 0 radical (unpaired) electrons. The molecule has 1 aliphatic rings. The van der Waals surface area contributed by atoms with Gasteiger partial charge in [-0.25, -0.2) is 0 Å². The number of nitrogens with zero attached hydrogens (tertiary/aromatic N) is 1. The van der Waals surface area contributed by atoms with Crippen LogP contribution in [0.15, 0.2) is 76.5 Å². The Balaban J connectivity index is 1.59. The summed E-state index contributed by atoms with van der Waals surface area (Å²) in [5.74, 6) is -0.134. The number of rotatable bonds is 4. The second kappa shape index (κ2) is 7.69. The summed E-state index contributed by atoms with van der Waals surface area (Å²) >= 11 is 1.44. The predicted octanol–water partition coefficient (Wildman–Crippen LogP) is 5.45. The van der Waals surface area contributed by atoms with Gasteiger partial charge in [0.25, 0.3) is 5.91 Å². The summed E-state index contributed by atoms with van der Waals surface area (Å²) in [7, 11) is 0. The number of aryl methyl sites for hydroxylation is 2. The largest absolute Gasteiger partial charge is 0.322 e. The predicted molar refractivity (Wildman–Crippen MR) is 108 cm³/mol. The van der Waals surface area contributed by atoms with E-state index in [1.54, 1.807) is 6.07 Å². The molecule has 0 aromatic heterocycles. The summed E-state index contributed by atoms with van der Waals surface area (Å²) in [6.07, 6.45) is 3.39. The fourth-order valence-corrected chi connectivity index (χ4v) is 4.38. The van der Waals surface area contributed by atoms with Crippen molar-refractivity contribution in [3.63, 3.8) is 0 Å². The van der Waals surface area contributed by atoms with Gasteiger partial charge < -0.3 is 5.32 Å². The van der Waals surface area contributed by atoms with E-state index in [9.17, 15) is 10.1 Å². The summed E-state index contributed by atoms with van der Waals surface area (Å²) in [5.41, 5.74) is 4.76. The summed E-state index contributed by atoms with van der Waals surface area (Å²) in [6, 6.07) is 23.3. The van der Waals surface area contributed by atoms with Gasteiger partial charge in [-0.3, -0.25) is 4.79 Å². The number of amides is 1. The summed E-state index contributed by atoms with van der Waals surface area (Å²) in [4.78, 5) is 14.6. The third-order valence-electron chi connectivity index (χ3n) is 4.72. The minimum atomic E-state index is -0.134. The molecular weight excluding hydrogens is 352 g/mol. The van der Waals surface area contributed by atoms with Crippen molar-refractivity contribution in [2.24, 2.45) is 0 Å². The van der Waals surface area contributed by atoms with Crippen LogP contribution in [0.1, 0.15) is 33.5 Å². The van der Waals surface area contributed by atoms with Gasteiger partial charge in [-0.15, -0.1) is 0 Å². The molecule has 0 bridgehead atoms. The number of hydrogen-bond donors (Lipinski definition) is 1. The molecule has 1 N–H and O–H groups in total. The van der Waals surface area contributed by atoms with Gasteiger partial charge >= 0.3 is 0 Å². The number of nitrogens with one attached hydrogen (secondary N) is 1. The molecule has 0 saturated heterocycles. The lowest BCUT2D eigenvalue weighted by Gasteiger charge is -2.11. The van der Waals surface area contributed by atoms with Crippen LogP contribution in [-0.2, 0) is 12.8 Å². The van der Waals surface area contributed by atoms with Crippen molar-refractivity contribution in [3.8, 4) is 6.07 Å². The van der Waals surface area contributed by atoms with Crippen molar-refractivity contribution >= 4 is 23.4 Å². The highest BCUT2D eigenvalue weighted by molar-refractivity contribution is 7.99. The number of nitriles is 1. The normalized spacial score (nSPS) is 12.3. The highest BCUT2D eigenvalue weighted by atomic mass is 32.2. The Kier molecular flexibility index (Phi) is 4.95. The molecule has 27 heavy (non-hydrogen) atoms. The lowest BCUT2D eigenvalue weighted by atomic mass is 10.1. The molecule has 3 nitrogen and oxygen atoms in total. The topological polar surface area (TPSA) is 52.9 Å². The molecule has 3 aromatic carbocycles. The minimum absolute atomic E-state index is 0.134. The second-order valence-corrected chi connectivity index (χ2v) is 7.58. The monoisotopic (exact) mass is 370 g/mol. The Morgan fingerprint density at radius 2 is 1.67 bits per heavy atom. The molecule has 0 spiro atoms. The third kappa shape index (κ3) is 3.74. The van der Waals surface area contributed by atoms with Crippen LogP contribution >= 0.6 is 11.8 Å². The second-order valence-electron chi connectivity index (χ2n) is 6.50. The fourth-order valence-electron chi connectivity index (χ4n) is 3.36. The Bertz CT molecular complexity index is 1050. The summed E-state index contributed by atoms with van der Waals surface area (Å²) < 4.78 is 0. The SMILES string of the molecule is N#Cc1ccccc1Sc1ccccc1C(=O)Nc1ccc2c(c1)CCC2. The molecule has 3 aromatic rings. The zero-order valence-electron chi connectivity index (χ0n) is 14.7. The average molecular weight is 370 g/mol. The van der Waals surface area contributed by atoms with Gasteiger partial charge in [-0.1, -0.05) is 42.1 Å². The van der Waals surface area contributed by atoms with E-state index < -0.39 is 0 Å². The van der Waals surface area contributed by atoms with Gasteiger partial charge in [0.05, 0.1) is 11.1 Å². The fraction of sp³-hybridized carbons (Fsp3) is 0.130. The first kappa shape index (κ1) is 17.4. The van der Waals surface area contributed by atoms with Crippen molar-refractivity contribution in [1.29, 1.82) is 5.26 Å². The molecule has 4 heteroatoms. The van der Waals surface area contributed by atoms with Crippen LogP contribution in [0.3, 0.4) is 0 Å². The van der Waals surface area contributed by atoms with Crippen LogP contribution in [0.2, 0.25) is 0 Å². The first-order valence-electron chi connectivity index (χ1n) is 8.94. The first-order chi connectivity index (χ1) is 13.2. The number of benzene rings is 3. The zero-order valence-corrected chi connectivity index (χ0v) is 15.6. The van der Waals surface area contributed by atoms with E-state index in [2.05, 4.69) is 23.5 Å². The molecule has 0 atom stereocenters. The maximum absolute atomic E-state index is 12.9. The molecule has 1 amide bonds. The quantitative estimate of drug-likeness (QED) is 0.664. The van der Waals surface area contributed by atoms with Crippen LogP contribution in [0.5, 0.6) is 0 Å². The van der Waals surface area contributed by atoms with E-state index in [4.69, 9.17) is 0 Å². The van der Waals surface area contributed by atoms with Crippen molar-refractivity contribution < 1.29 is 4.79 Å². The van der Waals surface area contributed by atoms with Crippen LogP contribution in [0, 0.1) is 11.3 Å². The van der Waals surface area contributed by atoms with E-state index in [0.29, 0.717) is 11.1 Å². The highest BCUT2D eigenvalue weighted by Gasteiger charge is 2.15. The maximum atomic E-state index is 12.9. The number of hydrogen-bond acceptors (Lipinski definition) is 3. The smallest absolute Gasteiger partial charge is 0.256 e. The number of carbonyl (C=O) groups is 1. The molecule has 132 valence electrons. The Labute approximate surface area is 163 Å². The zero-order chi connectivity index (χ0) is 18.6. The van der Waals surface area contributed by atoms with Crippen molar-refractivity contribution in [2.75, 3.05) is 5.32 Å². The minimum Gasteiger partial charge on any atom is -0.322 e. The van der Waals surface area contributed by atoms with E-state index >= 15 is 0 Å². The molecule has 0 unspecified atom stereocenters. The first-order valence-corrected chi connectivity index (χ1v) is 9.75. The van der Waals surface area contributed by atoms with E-state index in [-0.39, 0.29) is 5.91 Å². The lowest BCUT2D eigenvalue weighted by Crippen LogP contribution is -2.13. The number of anilines is 1. The van der Waals surface area contributed by atoms with Crippen LogP contribution in [0.4, 0.5) is 5.69 Å². The lowest BCUT2D eigenvalue weighted by molar-refractivity contribution is 0.102. The number of carbonyl (C=O) groups excluding carboxylic acids is 1. The van der Waals surface area contributed by atoms with E-state index in [1.807, 2.05) is 48.5 Å². The molecular formula is C23H18N2OS. The van der Waals surface area contributed by atoms with Gasteiger partial charge in [0, 0.05) is 15.5 Å². The molecule has 0 heterocycles. The molecule has 0 fully saturated rings. The molecule has 4 rings (SSSR count). The Hall–Kier alpha value is -3.03. The highest BCUT2D eigenvalue weighted by Crippen LogP contribution is 2.33. The van der Waals surface area contributed by atoms with Crippen molar-refractivity contribution in [3.05, 3.63) is 89.0 Å². The average Bonchev–Trinajstić information content (AvgIpc) is 3.16.